The zero-order valence-corrected chi connectivity index (χ0v) is 19.9. The molecule has 1 atom stereocenters. The van der Waals surface area contributed by atoms with E-state index in [0.717, 1.165) is 0 Å². The summed E-state index contributed by atoms with van der Waals surface area (Å²) in [6.07, 6.45) is 0. The van der Waals surface area contributed by atoms with Crippen molar-refractivity contribution < 1.29 is 14.3 Å². The van der Waals surface area contributed by atoms with E-state index in [2.05, 4.69) is 20.8 Å². The molecule has 11 heteroatoms. The Morgan fingerprint density at radius 1 is 1.16 bits per heavy atom. The van der Waals surface area contributed by atoms with Gasteiger partial charge in [-0.2, -0.15) is 0 Å². The Hall–Kier alpha value is -2.75. The number of benzene rings is 2. The van der Waals surface area contributed by atoms with Crippen LogP contribution in [0.4, 0.5) is 5.69 Å². The van der Waals surface area contributed by atoms with Gasteiger partial charge in [0.1, 0.15) is 5.75 Å². The van der Waals surface area contributed by atoms with Gasteiger partial charge in [0.05, 0.1) is 29.6 Å². The Morgan fingerprint density at radius 2 is 1.88 bits per heavy atom. The first-order valence-electron chi connectivity index (χ1n) is 9.50. The van der Waals surface area contributed by atoms with Crippen LogP contribution >= 0.6 is 35.0 Å². The molecular weight excluding hydrogens is 473 g/mol. The summed E-state index contributed by atoms with van der Waals surface area (Å²) in [5, 5.41) is 15.3. The highest BCUT2D eigenvalue weighted by Gasteiger charge is 2.19. The second kappa shape index (κ2) is 10.7. The summed E-state index contributed by atoms with van der Waals surface area (Å²) in [5.74, 6) is 0.833. The minimum Gasteiger partial charge on any atom is -0.497 e. The molecule has 168 valence electrons. The maximum Gasteiger partial charge on any atom is 0.251 e. The quantitative estimate of drug-likeness (QED) is 0.452. The van der Waals surface area contributed by atoms with E-state index < -0.39 is 6.04 Å². The van der Waals surface area contributed by atoms with E-state index in [1.807, 2.05) is 6.92 Å². The third-order valence-corrected chi connectivity index (χ3v) is 6.08. The van der Waals surface area contributed by atoms with Crippen LogP contribution in [0.3, 0.4) is 0 Å². The number of anilines is 1. The summed E-state index contributed by atoms with van der Waals surface area (Å²) in [5.41, 5.74) is 0.948. The van der Waals surface area contributed by atoms with Crippen LogP contribution in [-0.4, -0.2) is 39.4 Å². The number of ether oxygens (including phenoxy) is 1. The molecule has 0 aliphatic heterocycles. The Kier molecular flexibility index (Phi) is 8.00. The average Bonchev–Trinajstić information content (AvgIpc) is 3.15. The molecule has 32 heavy (non-hydrogen) atoms. The molecule has 0 fully saturated rings. The number of hydrogen-bond acceptors (Lipinski definition) is 6. The van der Waals surface area contributed by atoms with Crippen LogP contribution in [0.5, 0.6) is 5.75 Å². The number of rotatable bonds is 8. The number of nitrogens with one attached hydrogen (secondary N) is 2. The molecule has 3 aromatic rings. The number of methoxy groups -OCH3 is 1. The molecule has 1 unspecified atom stereocenters. The van der Waals surface area contributed by atoms with E-state index in [4.69, 9.17) is 27.9 Å². The monoisotopic (exact) mass is 493 g/mol. The normalized spacial score (nSPS) is 11.7. The smallest absolute Gasteiger partial charge is 0.251 e. The Bertz CT molecular complexity index is 1120. The van der Waals surface area contributed by atoms with E-state index >= 15 is 0 Å². The van der Waals surface area contributed by atoms with Gasteiger partial charge in [0, 0.05) is 17.6 Å². The van der Waals surface area contributed by atoms with Gasteiger partial charge in [-0.1, -0.05) is 35.0 Å². The van der Waals surface area contributed by atoms with Crippen molar-refractivity contribution in [2.45, 2.75) is 18.1 Å². The van der Waals surface area contributed by atoms with Crippen molar-refractivity contribution in [1.29, 1.82) is 0 Å². The lowest BCUT2D eigenvalue weighted by Crippen LogP contribution is -2.28. The van der Waals surface area contributed by atoms with Crippen LogP contribution in [0.25, 0.3) is 0 Å². The van der Waals surface area contributed by atoms with Crippen molar-refractivity contribution in [2.75, 3.05) is 18.2 Å². The molecule has 2 aromatic carbocycles. The SMILES string of the molecule is COc1ccc(C(=O)NC(C)c2nnc(SCC(=O)Nc3cc(Cl)ccc3Cl)n2C)cc1. The first kappa shape index (κ1) is 23.9. The van der Waals surface area contributed by atoms with Crippen molar-refractivity contribution in [3.63, 3.8) is 0 Å². The summed E-state index contributed by atoms with van der Waals surface area (Å²) >= 11 is 13.2. The molecule has 0 spiro atoms. The van der Waals surface area contributed by atoms with Crippen LogP contribution in [-0.2, 0) is 11.8 Å². The van der Waals surface area contributed by atoms with Gasteiger partial charge in [-0.05, 0) is 49.4 Å². The van der Waals surface area contributed by atoms with Gasteiger partial charge in [0.2, 0.25) is 5.91 Å². The second-order valence-corrected chi connectivity index (χ2v) is 8.57. The number of aromatic nitrogens is 3. The van der Waals surface area contributed by atoms with Crippen LogP contribution in [0.15, 0.2) is 47.6 Å². The van der Waals surface area contributed by atoms with Crippen molar-refractivity contribution in [1.82, 2.24) is 20.1 Å². The van der Waals surface area contributed by atoms with Gasteiger partial charge in [-0.15, -0.1) is 10.2 Å². The Labute approximate surface area is 199 Å². The summed E-state index contributed by atoms with van der Waals surface area (Å²) in [6.45, 7) is 1.81. The number of hydrogen-bond donors (Lipinski definition) is 2. The largest absolute Gasteiger partial charge is 0.497 e. The van der Waals surface area contributed by atoms with Crippen molar-refractivity contribution in [3.05, 3.63) is 63.9 Å². The third kappa shape index (κ3) is 5.93. The Balaban J connectivity index is 1.58. The molecule has 0 aliphatic rings. The van der Waals surface area contributed by atoms with Crippen molar-refractivity contribution in [2.24, 2.45) is 7.05 Å². The molecule has 8 nitrogen and oxygen atoms in total. The van der Waals surface area contributed by atoms with E-state index in [9.17, 15) is 9.59 Å². The molecule has 2 N–H and O–H groups in total. The van der Waals surface area contributed by atoms with Gasteiger partial charge in [-0.25, -0.2) is 0 Å². The van der Waals surface area contributed by atoms with Gasteiger partial charge < -0.3 is 19.9 Å². The molecule has 0 bridgehead atoms. The predicted molar refractivity (Wildman–Crippen MR) is 126 cm³/mol. The minimum absolute atomic E-state index is 0.0986. The van der Waals surface area contributed by atoms with Crippen LogP contribution in [0.2, 0.25) is 10.0 Å². The number of halogens is 2. The standard InChI is InChI=1S/C21H21Cl2N5O3S/c1-12(24-20(30)13-4-7-15(31-3)8-5-13)19-26-27-21(28(19)2)32-11-18(29)25-17-10-14(22)6-9-16(17)23/h4-10,12H,11H2,1-3H3,(H,24,30)(H,25,29). The topological polar surface area (TPSA) is 98.1 Å². The van der Waals surface area contributed by atoms with Crippen LogP contribution in [0.1, 0.15) is 29.1 Å². The predicted octanol–water partition coefficient (Wildman–Crippen LogP) is 4.35. The van der Waals surface area contributed by atoms with Gasteiger partial charge in [0.25, 0.3) is 5.91 Å². The summed E-state index contributed by atoms with van der Waals surface area (Å²) in [7, 11) is 3.34. The maximum atomic E-state index is 12.5. The molecule has 0 saturated heterocycles. The highest BCUT2D eigenvalue weighted by atomic mass is 35.5. The first-order chi connectivity index (χ1) is 15.3. The number of thioether (sulfide) groups is 1. The lowest BCUT2D eigenvalue weighted by molar-refractivity contribution is -0.113. The highest BCUT2D eigenvalue weighted by Crippen LogP contribution is 2.26. The fourth-order valence-corrected chi connectivity index (χ4v) is 3.88. The molecule has 0 saturated carbocycles. The highest BCUT2D eigenvalue weighted by molar-refractivity contribution is 7.99. The van der Waals surface area contributed by atoms with Crippen molar-refractivity contribution in [3.8, 4) is 5.75 Å². The lowest BCUT2D eigenvalue weighted by atomic mass is 10.2. The van der Waals surface area contributed by atoms with Crippen LogP contribution in [0, 0.1) is 0 Å². The number of amides is 2. The molecular formula is C21H21Cl2N5O3S. The zero-order chi connectivity index (χ0) is 23.3. The van der Waals surface area contributed by atoms with E-state index in [1.165, 1.54) is 11.8 Å². The minimum atomic E-state index is -0.393. The molecule has 2 amide bonds. The molecule has 3 rings (SSSR count). The molecule has 0 radical (unpaired) electrons. The average molecular weight is 494 g/mol. The fraction of sp³-hybridized carbons (Fsp3) is 0.238. The fourth-order valence-electron chi connectivity index (χ4n) is 2.83. The van der Waals surface area contributed by atoms with Gasteiger partial charge >= 0.3 is 0 Å². The lowest BCUT2D eigenvalue weighted by Gasteiger charge is -2.14. The van der Waals surface area contributed by atoms with E-state index in [0.29, 0.717) is 38.0 Å². The summed E-state index contributed by atoms with van der Waals surface area (Å²) < 4.78 is 6.84. The van der Waals surface area contributed by atoms with Gasteiger partial charge in [-0.3, -0.25) is 9.59 Å². The van der Waals surface area contributed by atoms with Crippen LogP contribution < -0.4 is 15.4 Å². The summed E-state index contributed by atoms with van der Waals surface area (Å²) in [6, 6.07) is 11.3. The zero-order valence-electron chi connectivity index (χ0n) is 17.6. The number of carbonyl (C=O) groups excluding carboxylic acids is 2. The van der Waals surface area contributed by atoms with E-state index in [1.54, 1.807) is 61.2 Å². The molecule has 1 aromatic heterocycles. The first-order valence-corrected chi connectivity index (χ1v) is 11.2. The Morgan fingerprint density at radius 3 is 2.56 bits per heavy atom. The third-order valence-electron chi connectivity index (χ3n) is 4.49. The van der Waals surface area contributed by atoms with Gasteiger partial charge in [0.15, 0.2) is 11.0 Å². The molecule has 0 aliphatic carbocycles. The molecule has 1 heterocycles. The number of carbonyl (C=O) groups is 2. The summed E-state index contributed by atoms with van der Waals surface area (Å²) in [4.78, 5) is 24.8. The second-order valence-electron chi connectivity index (χ2n) is 6.78. The van der Waals surface area contributed by atoms with Crippen molar-refractivity contribution >= 4 is 52.5 Å². The maximum absolute atomic E-state index is 12.5. The number of nitrogens with zero attached hydrogens (tertiary/aromatic N) is 3. The van der Waals surface area contributed by atoms with E-state index in [-0.39, 0.29) is 17.6 Å².